The quantitative estimate of drug-likeness (QED) is 0.598. The Morgan fingerprint density at radius 1 is 1.25 bits per heavy atom. The Morgan fingerprint density at radius 3 is 2.54 bits per heavy atom. The summed E-state index contributed by atoms with van der Waals surface area (Å²) in [7, 11) is 0. The van der Waals surface area contributed by atoms with Gasteiger partial charge in [0.2, 0.25) is 0 Å². The summed E-state index contributed by atoms with van der Waals surface area (Å²) < 4.78 is 5.41. The van der Waals surface area contributed by atoms with Gasteiger partial charge in [-0.15, -0.1) is 0 Å². The molecular formula is C17H18N2O5. The van der Waals surface area contributed by atoms with Crippen LogP contribution in [-0.2, 0) is 4.79 Å². The van der Waals surface area contributed by atoms with E-state index in [0.29, 0.717) is 11.3 Å². The van der Waals surface area contributed by atoms with Crippen molar-refractivity contribution in [1.82, 2.24) is 5.32 Å². The highest BCUT2D eigenvalue weighted by atomic mass is 16.6. The van der Waals surface area contributed by atoms with Crippen LogP contribution in [0.5, 0.6) is 5.75 Å². The van der Waals surface area contributed by atoms with Gasteiger partial charge in [0.25, 0.3) is 11.6 Å². The largest absolute Gasteiger partial charge is 0.484 e. The number of hydrogen-bond donors (Lipinski definition) is 2. The van der Waals surface area contributed by atoms with E-state index in [9.17, 15) is 20.0 Å². The molecule has 0 aliphatic carbocycles. The lowest BCUT2D eigenvalue weighted by molar-refractivity contribution is -0.384. The third-order valence-electron chi connectivity index (χ3n) is 3.43. The molecule has 0 aromatic heterocycles. The molecule has 2 aromatic carbocycles. The Labute approximate surface area is 139 Å². The Kier molecular flexibility index (Phi) is 5.86. The molecule has 0 bridgehead atoms. The van der Waals surface area contributed by atoms with Crippen molar-refractivity contribution in [3.63, 3.8) is 0 Å². The number of carbonyl (C=O) groups is 1. The number of ether oxygens (including phenoxy) is 1. The van der Waals surface area contributed by atoms with E-state index in [4.69, 9.17) is 4.74 Å². The highest BCUT2D eigenvalue weighted by molar-refractivity contribution is 5.77. The lowest BCUT2D eigenvalue weighted by atomic mass is 10.1. The molecule has 7 heteroatoms. The Hall–Kier alpha value is -2.93. The number of benzene rings is 2. The first-order valence-electron chi connectivity index (χ1n) is 7.35. The molecular weight excluding hydrogens is 312 g/mol. The molecule has 0 radical (unpaired) electrons. The van der Waals surface area contributed by atoms with Gasteiger partial charge >= 0.3 is 0 Å². The number of para-hydroxylation sites is 1. The topological polar surface area (TPSA) is 102 Å². The zero-order chi connectivity index (χ0) is 17.5. The molecule has 2 rings (SSSR count). The van der Waals surface area contributed by atoms with Crippen molar-refractivity contribution < 1.29 is 19.6 Å². The van der Waals surface area contributed by atoms with Gasteiger partial charge in [-0.25, -0.2) is 0 Å². The van der Waals surface area contributed by atoms with Gasteiger partial charge in [0, 0.05) is 18.7 Å². The molecule has 0 saturated heterocycles. The van der Waals surface area contributed by atoms with Crippen LogP contribution in [0, 0.1) is 17.0 Å². The number of rotatable bonds is 7. The monoisotopic (exact) mass is 330 g/mol. The summed E-state index contributed by atoms with van der Waals surface area (Å²) in [5.74, 6) is 0.266. The first-order valence-corrected chi connectivity index (χ1v) is 7.35. The lowest BCUT2D eigenvalue weighted by Gasteiger charge is -2.13. The molecule has 0 fully saturated rings. The third-order valence-corrected chi connectivity index (χ3v) is 3.43. The highest BCUT2D eigenvalue weighted by Gasteiger charge is 2.12. The number of amides is 1. The van der Waals surface area contributed by atoms with Crippen LogP contribution in [0.4, 0.5) is 5.69 Å². The van der Waals surface area contributed by atoms with Crippen LogP contribution in [0.2, 0.25) is 0 Å². The third kappa shape index (κ3) is 4.79. The Balaban J connectivity index is 1.80. The minimum absolute atomic E-state index is 0.00617. The molecule has 2 aromatic rings. The fraction of sp³-hybridized carbons (Fsp3) is 0.235. The van der Waals surface area contributed by atoms with E-state index in [-0.39, 0.29) is 24.7 Å². The van der Waals surface area contributed by atoms with Gasteiger partial charge < -0.3 is 15.2 Å². The van der Waals surface area contributed by atoms with E-state index in [1.54, 1.807) is 6.07 Å². The molecule has 7 nitrogen and oxygen atoms in total. The van der Waals surface area contributed by atoms with Gasteiger partial charge in [0.15, 0.2) is 6.61 Å². The van der Waals surface area contributed by atoms with Crippen LogP contribution in [0.25, 0.3) is 0 Å². The zero-order valence-electron chi connectivity index (χ0n) is 13.1. The highest BCUT2D eigenvalue weighted by Crippen LogP contribution is 2.17. The van der Waals surface area contributed by atoms with E-state index < -0.39 is 11.0 Å². The number of nitro groups is 1. The van der Waals surface area contributed by atoms with Crippen LogP contribution < -0.4 is 10.1 Å². The van der Waals surface area contributed by atoms with Crippen molar-refractivity contribution in [2.75, 3.05) is 13.2 Å². The summed E-state index contributed by atoms with van der Waals surface area (Å²) in [5.41, 5.74) is 1.36. The van der Waals surface area contributed by atoms with Gasteiger partial charge in [-0.05, 0) is 36.2 Å². The van der Waals surface area contributed by atoms with E-state index in [1.165, 1.54) is 24.3 Å². The van der Waals surface area contributed by atoms with Crippen molar-refractivity contribution in [2.45, 2.75) is 13.0 Å². The first-order chi connectivity index (χ1) is 11.5. The lowest BCUT2D eigenvalue weighted by Crippen LogP contribution is -2.32. The van der Waals surface area contributed by atoms with Crippen molar-refractivity contribution >= 4 is 11.6 Å². The number of aliphatic hydroxyl groups is 1. The molecule has 126 valence electrons. The fourth-order valence-corrected chi connectivity index (χ4v) is 2.06. The number of nitrogens with one attached hydrogen (secondary N) is 1. The summed E-state index contributed by atoms with van der Waals surface area (Å²) in [6.07, 6.45) is -0.951. The van der Waals surface area contributed by atoms with Gasteiger partial charge in [-0.1, -0.05) is 18.2 Å². The predicted octanol–water partition coefficient (Wildman–Crippen LogP) is 2.13. The van der Waals surface area contributed by atoms with Gasteiger partial charge in [0.05, 0.1) is 11.0 Å². The minimum atomic E-state index is -0.951. The van der Waals surface area contributed by atoms with E-state index in [0.717, 1.165) is 5.56 Å². The average Bonchev–Trinajstić information content (AvgIpc) is 2.59. The smallest absolute Gasteiger partial charge is 0.269 e. The maximum absolute atomic E-state index is 11.8. The van der Waals surface area contributed by atoms with Crippen LogP contribution in [0.1, 0.15) is 17.2 Å². The summed E-state index contributed by atoms with van der Waals surface area (Å²) >= 11 is 0. The fourth-order valence-electron chi connectivity index (χ4n) is 2.06. The number of nitrogens with zero attached hydrogens (tertiary/aromatic N) is 1. The number of non-ortho nitro benzene ring substituents is 1. The maximum Gasteiger partial charge on any atom is 0.269 e. The van der Waals surface area contributed by atoms with Gasteiger partial charge in [-0.3, -0.25) is 14.9 Å². The molecule has 2 N–H and O–H groups in total. The second-order valence-electron chi connectivity index (χ2n) is 5.22. The van der Waals surface area contributed by atoms with Gasteiger partial charge in [0.1, 0.15) is 5.75 Å². The van der Waals surface area contributed by atoms with E-state index in [1.807, 2.05) is 25.1 Å². The number of hydrogen-bond acceptors (Lipinski definition) is 5. The molecule has 0 unspecified atom stereocenters. The standard InChI is InChI=1S/C17H18N2O5/c1-12-4-2-3-5-16(12)24-11-17(21)18-10-15(20)13-6-8-14(9-7-13)19(22)23/h2-9,15,20H,10-11H2,1H3,(H,18,21)/t15-/m0/s1. The summed E-state index contributed by atoms with van der Waals surface area (Å²) in [5, 5.41) is 23.1. The Morgan fingerprint density at radius 2 is 1.92 bits per heavy atom. The van der Waals surface area contributed by atoms with Crippen molar-refractivity contribution in [1.29, 1.82) is 0 Å². The van der Waals surface area contributed by atoms with Crippen molar-refractivity contribution in [3.05, 3.63) is 69.8 Å². The summed E-state index contributed by atoms with van der Waals surface area (Å²) in [6, 6.07) is 12.9. The number of aryl methyl sites for hydroxylation is 1. The molecule has 24 heavy (non-hydrogen) atoms. The normalized spacial score (nSPS) is 11.6. The van der Waals surface area contributed by atoms with Gasteiger partial charge in [-0.2, -0.15) is 0 Å². The number of aliphatic hydroxyl groups excluding tert-OH is 1. The van der Waals surface area contributed by atoms with Crippen LogP contribution in [0.15, 0.2) is 48.5 Å². The van der Waals surface area contributed by atoms with E-state index in [2.05, 4.69) is 5.32 Å². The van der Waals surface area contributed by atoms with Crippen LogP contribution in [0.3, 0.4) is 0 Å². The summed E-state index contributed by atoms with van der Waals surface area (Å²) in [6.45, 7) is 1.72. The zero-order valence-corrected chi connectivity index (χ0v) is 13.1. The van der Waals surface area contributed by atoms with Crippen molar-refractivity contribution in [3.8, 4) is 5.75 Å². The number of nitro benzene ring substituents is 1. The Bertz CT molecular complexity index is 715. The van der Waals surface area contributed by atoms with Crippen LogP contribution in [-0.4, -0.2) is 29.1 Å². The molecule has 0 heterocycles. The average molecular weight is 330 g/mol. The SMILES string of the molecule is Cc1ccccc1OCC(=O)NC[C@H](O)c1ccc([N+](=O)[O-])cc1. The second-order valence-corrected chi connectivity index (χ2v) is 5.22. The predicted molar refractivity (Wildman–Crippen MR) is 87.7 cm³/mol. The molecule has 0 spiro atoms. The maximum atomic E-state index is 11.8. The molecule has 1 amide bonds. The van der Waals surface area contributed by atoms with E-state index >= 15 is 0 Å². The summed E-state index contributed by atoms with van der Waals surface area (Å²) in [4.78, 5) is 21.8. The minimum Gasteiger partial charge on any atom is -0.484 e. The van der Waals surface area contributed by atoms with Crippen molar-refractivity contribution in [2.24, 2.45) is 0 Å². The molecule has 0 aliphatic heterocycles. The first kappa shape index (κ1) is 17.4. The number of carbonyl (C=O) groups excluding carboxylic acids is 1. The van der Waals surface area contributed by atoms with Crippen LogP contribution >= 0.6 is 0 Å². The molecule has 1 atom stereocenters. The second kappa shape index (κ2) is 8.07. The molecule has 0 saturated carbocycles. The molecule has 0 aliphatic rings.